The Hall–Kier alpha value is -2.95. The molecule has 1 unspecified atom stereocenters. The van der Waals surface area contributed by atoms with E-state index in [1.165, 1.54) is 24.3 Å². The van der Waals surface area contributed by atoms with E-state index in [-0.39, 0.29) is 11.3 Å². The van der Waals surface area contributed by atoms with Crippen LogP contribution in [0.1, 0.15) is 17.2 Å². The van der Waals surface area contributed by atoms with Gasteiger partial charge < -0.3 is 9.84 Å². The Balaban J connectivity index is 2.11. The largest absolute Gasteiger partial charge is 0.507 e. The molecule has 0 spiro atoms. The van der Waals surface area contributed by atoms with Crippen LogP contribution in [-0.2, 0) is 14.3 Å². The summed E-state index contributed by atoms with van der Waals surface area (Å²) in [4.78, 5) is 23.6. The second-order valence-electron chi connectivity index (χ2n) is 4.79. The predicted octanol–water partition coefficient (Wildman–Crippen LogP) is 2.96. The van der Waals surface area contributed by atoms with Gasteiger partial charge in [-0.15, -0.1) is 0 Å². The number of aliphatic hydroxyl groups excluding tert-OH is 1. The third-order valence-corrected chi connectivity index (χ3v) is 3.39. The third-order valence-electron chi connectivity index (χ3n) is 3.39. The molecule has 1 atom stereocenters. The molecular weight excluding hydrogens is 287 g/mol. The summed E-state index contributed by atoms with van der Waals surface area (Å²) in [6, 6.07) is 13.6. The van der Waals surface area contributed by atoms with Crippen LogP contribution in [0.2, 0.25) is 0 Å². The highest BCUT2D eigenvalue weighted by Gasteiger charge is 2.42. The monoisotopic (exact) mass is 298 g/mol. The lowest BCUT2D eigenvalue weighted by molar-refractivity contribution is -0.149. The van der Waals surface area contributed by atoms with E-state index in [0.29, 0.717) is 11.1 Å². The minimum Gasteiger partial charge on any atom is -0.507 e. The lowest BCUT2D eigenvalue weighted by Crippen LogP contribution is -2.08. The number of esters is 1. The molecular formula is C17H11FO4. The first-order valence-electron chi connectivity index (χ1n) is 6.57. The van der Waals surface area contributed by atoms with Gasteiger partial charge >= 0.3 is 5.97 Å². The lowest BCUT2D eigenvalue weighted by Gasteiger charge is -2.12. The lowest BCUT2D eigenvalue weighted by atomic mass is 9.97. The Morgan fingerprint density at radius 1 is 1.00 bits per heavy atom. The molecule has 1 aliphatic heterocycles. The van der Waals surface area contributed by atoms with Crippen molar-refractivity contribution in [3.8, 4) is 0 Å². The number of carbonyl (C=O) groups is 2. The van der Waals surface area contributed by atoms with Crippen LogP contribution in [-0.4, -0.2) is 16.9 Å². The van der Waals surface area contributed by atoms with Crippen molar-refractivity contribution in [2.75, 3.05) is 0 Å². The molecule has 22 heavy (non-hydrogen) atoms. The van der Waals surface area contributed by atoms with Gasteiger partial charge in [-0.2, -0.15) is 0 Å². The number of halogens is 1. The second-order valence-corrected chi connectivity index (χ2v) is 4.79. The van der Waals surface area contributed by atoms with Crippen molar-refractivity contribution in [1.29, 1.82) is 0 Å². The van der Waals surface area contributed by atoms with Crippen molar-refractivity contribution in [2.24, 2.45) is 0 Å². The summed E-state index contributed by atoms with van der Waals surface area (Å²) in [6.45, 7) is 0. The first-order chi connectivity index (χ1) is 10.6. The summed E-state index contributed by atoms with van der Waals surface area (Å²) in [5.41, 5.74) is 0.678. The first kappa shape index (κ1) is 14.0. The molecule has 0 amide bonds. The molecule has 2 aromatic carbocycles. The van der Waals surface area contributed by atoms with Crippen LogP contribution in [0.4, 0.5) is 4.39 Å². The summed E-state index contributed by atoms with van der Waals surface area (Å²) >= 11 is 0. The van der Waals surface area contributed by atoms with Gasteiger partial charge in [0.25, 0.3) is 5.78 Å². The molecule has 0 aromatic heterocycles. The van der Waals surface area contributed by atoms with Gasteiger partial charge in [-0.25, -0.2) is 9.18 Å². The van der Waals surface area contributed by atoms with Crippen LogP contribution in [0.5, 0.6) is 0 Å². The Morgan fingerprint density at radius 3 is 2.27 bits per heavy atom. The van der Waals surface area contributed by atoms with Crippen molar-refractivity contribution < 1.29 is 23.8 Å². The standard InChI is InChI=1S/C17H11FO4/c18-12-8-6-11(7-9-12)16-13(15(20)17(21)22-16)14(19)10-4-2-1-3-5-10/h1-9,16,19H/b14-13-. The molecule has 0 aliphatic carbocycles. The normalized spacial score (nSPS) is 20.0. The topological polar surface area (TPSA) is 63.6 Å². The number of rotatable bonds is 2. The zero-order valence-electron chi connectivity index (χ0n) is 11.3. The van der Waals surface area contributed by atoms with E-state index in [9.17, 15) is 19.1 Å². The van der Waals surface area contributed by atoms with Gasteiger partial charge in [0.2, 0.25) is 0 Å². The molecule has 1 fully saturated rings. The van der Waals surface area contributed by atoms with E-state index in [4.69, 9.17) is 4.74 Å². The quantitative estimate of drug-likeness (QED) is 0.401. The molecule has 2 aromatic rings. The molecule has 0 bridgehead atoms. The molecule has 110 valence electrons. The molecule has 1 N–H and O–H groups in total. The van der Waals surface area contributed by atoms with E-state index in [1.54, 1.807) is 30.3 Å². The number of aliphatic hydroxyl groups is 1. The highest BCUT2D eigenvalue weighted by molar-refractivity contribution is 6.44. The SMILES string of the molecule is O=C1OC(c2ccc(F)cc2)/C(=C(\O)c2ccccc2)C1=O. The zero-order chi connectivity index (χ0) is 15.7. The fourth-order valence-corrected chi connectivity index (χ4v) is 2.30. The average Bonchev–Trinajstić information content (AvgIpc) is 2.84. The molecule has 1 heterocycles. The van der Waals surface area contributed by atoms with Crippen molar-refractivity contribution in [1.82, 2.24) is 0 Å². The number of carbonyl (C=O) groups excluding carboxylic acids is 2. The number of hydrogen-bond donors (Lipinski definition) is 1. The minimum absolute atomic E-state index is 0.136. The first-order valence-corrected chi connectivity index (χ1v) is 6.57. The average molecular weight is 298 g/mol. The molecule has 1 aliphatic rings. The molecule has 5 heteroatoms. The zero-order valence-corrected chi connectivity index (χ0v) is 11.3. The van der Waals surface area contributed by atoms with Crippen LogP contribution in [0, 0.1) is 5.82 Å². The van der Waals surface area contributed by atoms with Crippen LogP contribution in [0.15, 0.2) is 60.2 Å². The number of ketones is 1. The van der Waals surface area contributed by atoms with Crippen molar-refractivity contribution in [2.45, 2.75) is 6.10 Å². The maximum absolute atomic E-state index is 13.0. The van der Waals surface area contributed by atoms with E-state index >= 15 is 0 Å². The molecule has 4 nitrogen and oxygen atoms in total. The van der Waals surface area contributed by atoms with Crippen molar-refractivity contribution >= 4 is 17.5 Å². The predicted molar refractivity (Wildman–Crippen MR) is 76.2 cm³/mol. The highest BCUT2D eigenvalue weighted by atomic mass is 19.1. The summed E-state index contributed by atoms with van der Waals surface area (Å²) in [5, 5.41) is 10.3. The van der Waals surface area contributed by atoms with Crippen LogP contribution >= 0.6 is 0 Å². The second kappa shape index (κ2) is 5.44. The maximum Gasteiger partial charge on any atom is 0.380 e. The summed E-state index contributed by atoms with van der Waals surface area (Å²) in [6.07, 6.45) is -1.04. The molecule has 0 radical (unpaired) electrons. The van der Waals surface area contributed by atoms with E-state index < -0.39 is 23.7 Å². The molecule has 3 rings (SSSR count). The van der Waals surface area contributed by atoms with E-state index in [2.05, 4.69) is 0 Å². The number of benzene rings is 2. The van der Waals surface area contributed by atoms with Gasteiger partial charge in [0.1, 0.15) is 11.6 Å². The summed E-state index contributed by atoms with van der Waals surface area (Å²) < 4.78 is 18.0. The van der Waals surface area contributed by atoms with Gasteiger partial charge in [-0.1, -0.05) is 42.5 Å². The smallest absolute Gasteiger partial charge is 0.380 e. The number of ether oxygens (including phenoxy) is 1. The Morgan fingerprint density at radius 2 is 1.64 bits per heavy atom. The fraction of sp³-hybridized carbons (Fsp3) is 0.0588. The minimum atomic E-state index is -1.04. The Kier molecular flexibility index (Phi) is 3.47. The van der Waals surface area contributed by atoms with Crippen LogP contribution < -0.4 is 0 Å². The number of hydrogen-bond acceptors (Lipinski definition) is 4. The number of cyclic esters (lactones) is 1. The maximum atomic E-state index is 13.0. The number of Topliss-reactive ketones (excluding diaryl/α,β-unsaturated/α-hetero) is 1. The fourth-order valence-electron chi connectivity index (χ4n) is 2.30. The summed E-state index contributed by atoms with van der Waals surface area (Å²) in [7, 11) is 0. The van der Waals surface area contributed by atoms with E-state index in [1.807, 2.05) is 0 Å². The third kappa shape index (κ3) is 2.37. The Labute approximate surface area is 125 Å². The van der Waals surface area contributed by atoms with Gasteiger partial charge in [0, 0.05) is 5.56 Å². The van der Waals surface area contributed by atoms with Gasteiger partial charge in [-0.3, -0.25) is 4.79 Å². The Bertz CT molecular complexity index is 763. The van der Waals surface area contributed by atoms with Crippen molar-refractivity contribution in [3.05, 3.63) is 77.1 Å². The van der Waals surface area contributed by atoms with Crippen LogP contribution in [0.3, 0.4) is 0 Å². The van der Waals surface area contributed by atoms with Crippen LogP contribution in [0.25, 0.3) is 5.76 Å². The molecule has 0 saturated carbocycles. The van der Waals surface area contributed by atoms with E-state index in [0.717, 1.165) is 0 Å². The summed E-state index contributed by atoms with van der Waals surface area (Å²) in [5.74, 6) is -2.69. The molecule has 1 saturated heterocycles. The van der Waals surface area contributed by atoms with Gasteiger partial charge in [0.05, 0.1) is 5.57 Å². The van der Waals surface area contributed by atoms with Gasteiger partial charge in [0.15, 0.2) is 6.10 Å². The van der Waals surface area contributed by atoms with Crippen molar-refractivity contribution in [3.63, 3.8) is 0 Å². The van der Waals surface area contributed by atoms with Gasteiger partial charge in [-0.05, 0) is 17.7 Å². The highest BCUT2D eigenvalue weighted by Crippen LogP contribution is 2.36.